The number of likely N-dealkylation sites (tertiary alicyclic amines) is 1. The summed E-state index contributed by atoms with van der Waals surface area (Å²) in [6.07, 6.45) is 4.06. The van der Waals surface area contributed by atoms with Crippen molar-refractivity contribution in [3.63, 3.8) is 0 Å². The smallest absolute Gasteiger partial charge is 0.322 e. The van der Waals surface area contributed by atoms with Gasteiger partial charge in [-0.1, -0.05) is 32.0 Å². The van der Waals surface area contributed by atoms with Gasteiger partial charge in [-0.2, -0.15) is 19.6 Å². The van der Waals surface area contributed by atoms with E-state index < -0.39 is 0 Å². The Hall–Kier alpha value is -2.87. The number of benzene rings is 1. The first-order valence-corrected chi connectivity index (χ1v) is 11.5. The van der Waals surface area contributed by atoms with Crippen molar-refractivity contribution in [3.8, 4) is 11.8 Å². The van der Waals surface area contributed by atoms with Crippen molar-refractivity contribution < 1.29 is 9.47 Å². The Morgan fingerprint density at radius 2 is 1.84 bits per heavy atom. The minimum absolute atomic E-state index is 0.108. The van der Waals surface area contributed by atoms with Crippen molar-refractivity contribution in [1.29, 1.82) is 0 Å². The van der Waals surface area contributed by atoms with Crippen LogP contribution in [0, 0.1) is 0 Å². The number of anilines is 1. The summed E-state index contributed by atoms with van der Waals surface area (Å²) in [6, 6.07) is 8.45. The molecule has 2 aromatic heterocycles. The molecule has 1 aromatic carbocycles. The van der Waals surface area contributed by atoms with E-state index in [-0.39, 0.29) is 12.2 Å². The predicted octanol–water partition coefficient (Wildman–Crippen LogP) is 4.12. The molecule has 3 heterocycles. The molecule has 0 radical (unpaired) electrons. The van der Waals surface area contributed by atoms with Gasteiger partial charge in [-0.3, -0.25) is 0 Å². The van der Waals surface area contributed by atoms with Crippen molar-refractivity contribution in [2.75, 3.05) is 25.5 Å². The van der Waals surface area contributed by atoms with Crippen LogP contribution in [-0.4, -0.2) is 56.8 Å². The van der Waals surface area contributed by atoms with Crippen LogP contribution in [-0.2, 0) is 6.54 Å². The second kappa shape index (κ2) is 9.73. The molecule has 172 valence electrons. The van der Waals surface area contributed by atoms with E-state index in [2.05, 4.69) is 42.3 Å². The summed E-state index contributed by atoms with van der Waals surface area (Å²) in [5.41, 5.74) is 2.92. The fourth-order valence-corrected chi connectivity index (χ4v) is 3.89. The largest absolute Gasteiger partial charge is 0.491 e. The van der Waals surface area contributed by atoms with Crippen LogP contribution < -0.4 is 14.8 Å². The summed E-state index contributed by atoms with van der Waals surface area (Å²) in [7, 11) is 2.14. The van der Waals surface area contributed by atoms with E-state index in [9.17, 15) is 0 Å². The molecule has 0 unspecified atom stereocenters. The van der Waals surface area contributed by atoms with Crippen LogP contribution in [0.15, 0.2) is 30.5 Å². The van der Waals surface area contributed by atoms with E-state index in [1.165, 1.54) is 0 Å². The van der Waals surface area contributed by atoms with E-state index in [1.807, 2.05) is 38.2 Å². The zero-order valence-electron chi connectivity index (χ0n) is 19.7. The molecule has 1 aliphatic rings. The van der Waals surface area contributed by atoms with E-state index in [4.69, 9.17) is 19.4 Å². The minimum atomic E-state index is 0.108. The number of fused-ring (bicyclic) bond motifs is 1. The van der Waals surface area contributed by atoms with Crippen LogP contribution in [0.25, 0.3) is 5.65 Å². The second-order valence-corrected chi connectivity index (χ2v) is 9.07. The number of ether oxygens (including phenoxy) is 2. The molecule has 1 aliphatic heterocycles. The van der Waals surface area contributed by atoms with Crippen LogP contribution in [0.1, 0.15) is 57.6 Å². The Balaban J connectivity index is 1.61. The standard InChI is InChI=1S/C24H34N6O2/c1-16(2)20-15-26-30-22(20)27-24(32-19-10-12-29(5)13-11-19)28-23(30)25-14-18-8-6-7-9-21(18)31-17(3)4/h6-9,15-17,19H,10-14H2,1-5H3,(H,25,27,28). The summed E-state index contributed by atoms with van der Waals surface area (Å²) in [5, 5.41) is 7.99. The molecule has 0 amide bonds. The lowest BCUT2D eigenvalue weighted by atomic mass is 10.1. The van der Waals surface area contributed by atoms with Gasteiger partial charge in [0.15, 0.2) is 5.65 Å². The Morgan fingerprint density at radius 1 is 1.09 bits per heavy atom. The lowest BCUT2D eigenvalue weighted by Gasteiger charge is -2.28. The van der Waals surface area contributed by atoms with Gasteiger partial charge in [0.05, 0.1) is 12.3 Å². The zero-order valence-corrected chi connectivity index (χ0v) is 19.7. The molecule has 8 heteroatoms. The first kappa shape index (κ1) is 22.3. The molecular formula is C24H34N6O2. The molecule has 1 fully saturated rings. The normalized spacial score (nSPS) is 15.6. The maximum absolute atomic E-state index is 6.23. The molecule has 3 aromatic rings. The Labute approximate surface area is 190 Å². The van der Waals surface area contributed by atoms with Gasteiger partial charge in [0, 0.05) is 30.8 Å². The Bertz CT molecular complexity index is 1040. The van der Waals surface area contributed by atoms with E-state index >= 15 is 0 Å². The highest BCUT2D eigenvalue weighted by Gasteiger charge is 2.22. The maximum atomic E-state index is 6.23. The number of hydrogen-bond donors (Lipinski definition) is 1. The first-order valence-electron chi connectivity index (χ1n) is 11.5. The Kier molecular flexibility index (Phi) is 6.79. The van der Waals surface area contributed by atoms with Gasteiger partial charge < -0.3 is 19.7 Å². The van der Waals surface area contributed by atoms with Crippen molar-refractivity contribution in [2.45, 2.75) is 65.2 Å². The summed E-state index contributed by atoms with van der Waals surface area (Å²) >= 11 is 0. The highest BCUT2D eigenvalue weighted by Crippen LogP contribution is 2.25. The molecule has 0 saturated carbocycles. The average Bonchev–Trinajstić information content (AvgIpc) is 3.19. The van der Waals surface area contributed by atoms with E-state index in [0.29, 0.717) is 24.4 Å². The highest BCUT2D eigenvalue weighted by molar-refractivity contribution is 5.53. The van der Waals surface area contributed by atoms with Gasteiger partial charge in [0.25, 0.3) is 0 Å². The molecule has 0 aliphatic carbocycles. The average molecular weight is 439 g/mol. The summed E-state index contributed by atoms with van der Waals surface area (Å²) in [6.45, 7) is 10.9. The van der Waals surface area contributed by atoms with Crippen molar-refractivity contribution in [1.82, 2.24) is 24.5 Å². The lowest BCUT2D eigenvalue weighted by molar-refractivity contribution is 0.105. The third-order valence-corrected chi connectivity index (χ3v) is 5.71. The SMILES string of the molecule is CC(C)Oc1ccccc1CNc1nc(OC2CCN(C)CC2)nc2c(C(C)C)cnn12. The Morgan fingerprint density at radius 3 is 2.56 bits per heavy atom. The first-order chi connectivity index (χ1) is 15.4. The fourth-order valence-electron chi connectivity index (χ4n) is 3.89. The summed E-state index contributed by atoms with van der Waals surface area (Å²) < 4.78 is 14.0. The van der Waals surface area contributed by atoms with Crippen molar-refractivity contribution >= 4 is 11.6 Å². The number of piperidine rings is 1. The zero-order chi connectivity index (χ0) is 22.7. The fraction of sp³-hybridized carbons (Fsp3) is 0.542. The van der Waals surface area contributed by atoms with Gasteiger partial charge in [-0.15, -0.1) is 0 Å². The molecule has 4 rings (SSSR count). The minimum Gasteiger partial charge on any atom is -0.491 e. The molecule has 1 saturated heterocycles. The summed E-state index contributed by atoms with van der Waals surface area (Å²) in [4.78, 5) is 11.7. The molecule has 8 nitrogen and oxygen atoms in total. The quantitative estimate of drug-likeness (QED) is 0.567. The lowest BCUT2D eigenvalue weighted by Crippen LogP contribution is -2.36. The van der Waals surface area contributed by atoms with Gasteiger partial charge in [-0.25, -0.2) is 0 Å². The molecule has 0 spiro atoms. The second-order valence-electron chi connectivity index (χ2n) is 9.07. The van der Waals surface area contributed by atoms with Crippen LogP contribution in [0.2, 0.25) is 0 Å². The van der Waals surface area contributed by atoms with Gasteiger partial charge in [-0.05, 0) is 45.7 Å². The monoisotopic (exact) mass is 438 g/mol. The number of hydrogen-bond acceptors (Lipinski definition) is 7. The van der Waals surface area contributed by atoms with Crippen LogP contribution in [0.5, 0.6) is 11.8 Å². The van der Waals surface area contributed by atoms with Crippen LogP contribution >= 0.6 is 0 Å². The maximum Gasteiger partial charge on any atom is 0.322 e. The molecule has 32 heavy (non-hydrogen) atoms. The van der Waals surface area contributed by atoms with Crippen LogP contribution in [0.3, 0.4) is 0 Å². The van der Waals surface area contributed by atoms with Gasteiger partial charge in [0.2, 0.25) is 5.95 Å². The third-order valence-electron chi connectivity index (χ3n) is 5.71. The third kappa shape index (κ3) is 5.12. The van der Waals surface area contributed by atoms with Gasteiger partial charge >= 0.3 is 6.01 Å². The summed E-state index contributed by atoms with van der Waals surface area (Å²) in [5.74, 6) is 1.78. The topological polar surface area (TPSA) is 76.8 Å². The molecule has 1 N–H and O–H groups in total. The van der Waals surface area contributed by atoms with Gasteiger partial charge in [0.1, 0.15) is 11.9 Å². The van der Waals surface area contributed by atoms with E-state index in [1.54, 1.807) is 4.52 Å². The number of rotatable bonds is 8. The van der Waals surface area contributed by atoms with Crippen LogP contribution in [0.4, 0.5) is 5.95 Å². The number of nitrogens with one attached hydrogen (secondary N) is 1. The number of nitrogens with zero attached hydrogens (tertiary/aromatic N) is 5. The van der Waals surface area contributed by atoms with Crippen molar-refractivity contribution in [2.24, 2.45) is 0 Å². The molecule has 0 atom stereocenters. The molecular weight excluding hydrogens is 404 g/mol. The molecule has 0 bridgehead atoms. The predicted molar refractivity (Wildman–Crippen MR) is 126 cm³/mol. The van der Waals surface area contributed by atoms with E-state index in [0.717, 1.165) is 48.5 Å². The number of para-hydroxylation sites is 1. The number of aromatic nitrogens is 4. The highest BCUT2D eigenvalue weighted by atomic mass is 16.5. The van der Waals surface area contributed by atoms with Crippen molar-refractivity contribution in [3.05, 3.63) is 41.6 Å².